The zero-order chi connectivity index (χ0) is 20.9. The topological polar surface area (TPSA) is 109 Å². The van der Waals surface area contributed by atoms with Crippen molar-refractivity contribution >= 4 is 17.3 Å². The van der Waals surface area contributed by atoms with Crippen LogP contribution in [0.1, 0.15) is 24.0 Å². The summed E-state index contributed by atoms with van der Waals surface area (Å²) in [6.07, 6.45) is 3.35. The summed E-state index contributed by atoms with van der Waals surface area (Å²) in [5, 5.41) is 15.4. The number of rotatable bonds is 6. The number of nitrogen functional groups attached to an aromatic ring is 1. The van der Waals surface area contributed by atoms with Crippen molar-refractivity contribution < 1.29 is 9.13 Å². The van der Waals surface area contributed by atoms with Gasteiger partial charge in [0.1, 0.15) is 23.7 Å². The molecule has 3 aromatic rings. The number of nitrogens with two attached hydrogens (primary N) is 1. The highest BCUT2D eigenvalue weighted by atomic mass is 19.1. The lowest BCUT2D eigenvalue weighted by Gasteiger charge is -2.25. The molecule has 0 spiro atoms. The van der Waals surface area contributed by atoms with Crippen molar-refractivity contribution in [2.75, 3.05) is 24.1 Å². The van der Waals surface area contributed by atoms with Crippen LogP contribution in [0.3, 0.4) is 0 Å². The van der Waals surface area contributed by atoms with Crippen LogP contribution < -0.4 is 21.1 Å². The normalized spacial score (nSPS) is 14.3. The summed E-state index contributed by atoms with van der Waals surface area (Å²) in [6, 6.07) is 13.3. The average Bonchev–Trinajstić information content (AvgIpc) is 2.76. The summed E-state index contributed by atoms with van der Waals surface area (Å²) in [7, 11) is 0. The maximum absolute atomic E-state index is 13.8. The average molecular weight is 406 g/mol. The molecule has 0 saturated carbocycles. The van der Waals surface area contributed by atoms with Crippen molar-refractivity contribution in [2.24, 2.45) is 0 Å². The second-order valence-corrected chi connectivity index (χ2v) is 7.08. The molecule has 5 N–H and O–H groups in total. The largest absolute Gasteiger partial charge is 0.454 e. The summed E-state index contributed by atoms with van der Waals surface area (Å²) in [6.45, 7) is 1.88. The molecule has 0 atom stereocenters. The fraction of sp³-hybridized carbons (Fsp3) is 0.227. The van der Waals surface area contributed by atoms with Crippen LogP contribution in [0, 0.1) is 11.2 Å². The van der Waals surface area contributed by atoms with E-state index in [0.29, 0.717) is 22.7 Å². The summed E-state index contributed by atoms with van der Waals surface area (Å²) in [4.78, 5) is 8.40. The van der Waals surface area contributed by atoms with Crippen molar-refractivity contribution in [1.29, 1.82) is 5.41 Å². The molecule has 4 rings (SSSR count). The van der Waals surface area contributed by atoms with Gasteiger partial charge in [-0.3, -0.25) is 5.41 Å². The Bertz CT molecular complexity index is 1030. The number of anilines is 2. The molecule has 7 nitrogen and oxygen atoms in total. The Hall–Kier alpha value is -3.52. The van der Waals surface area contributed by atoms with Crippen LogP contribution >= 0.6 is 0 Å². The van der Waals surface area contributed by atoms with Crippen LogP contribution in [-0.2, 0) is 0 Å². The highest BCUT2D eigenvalue weighted by molar-refractivity contribution is 6.16. The standard InChI is InChI=1S/C22H23FN6O/c23-17-3-1-2-4-18(17)30-16-7-5-14(6-8-16)20(24)19-21(25)27-13-28-22(19)29-15-9-11-26-12-10-15/h1-8,13,15,24,26H,9-12H2,(H3,25,27,28,29). The molecule has 0 aliphatic carbocycles. The number of para-hydroxylation sites is 1. The molecule has 154 valence electrons. The van der Waals surface area contributed by atoms with Gasteiger partial charge in [-0.2, -0.15) is 0 Å². The molecule has 0 bridgehead atoms. The van der Waals surface area contributed by atoms with Crippen molar-refractivity contribution in [3.8, 4) is 11.5 Å². The first-order chi connectivity index (χ1) is 14.6. The van der Waals surface area contributed by atoms with Gasteiger partial charge in [-0.15, -0.1) is 0 Å². The summed E-state index contributed by atoms with van der Waals surface area (Å²) >= 11 is 0. The predicted octanol–water partition coefficient (Wildman–Crippen LogP) is 3.57. The Morgan fingerprint density at radius 1 is 1.10 bits per heavy atom. The van der Waals surface area contributed by atoms with Gasteiger partial charge in [0, 0.05) is 11.6 Å². The van der Waals surface area contributed by atoms with E-state index in [-0.39, 0.29) is 23.3 Å². The molecule has 8 heteroatoms. The van der Waals surface area contributed by atoms with Gasteiger partial charge in [-0.05, 0) is 62.3 Å². The van der Waals surface area contributed by atoms with Crippen LogP contribution in [0.2, 0.25) is 0 Å². The number of benzene rings is 2. The number of nitrogens with zero attached hydrogens (tertiary/aromatic N) is 2. The second kappa shape index (κ2) is 8.87. The minimum atomic E-state index is -0.433. The van der Waals surface area contributed by atoms with Crippen LogP contribution in [0.25, 0.3) is 0 Å². The first kappa shape index (κ1) is 19.8. The van der Waals surface area contributed by atoms with Crippen molar-refractivity contribution in [2.45, 2.75) is 18.9 Å². The number of hydrogen-bond acceptors (Lipinski definition) is 7. The molecule has 0 unspecified atom stereocenters. The third kappa shape index (κ3) is 4.38. The van der Waals surface area contributed by atoms with E-state index in [9.17, 15) is 4.39 Å². The molecule has 2 heterocycles. The molecule has 0 amide bonds. The Labute approximate surface area is 174 Å². The maximum atomic E-state index is 13.8. The van der Waals surface area contributed by atoms with Gasteiger partial charge >= 0.3 is 0 Å². The van der Waals surface area contributed by atoms with Gasteiger partial charge in [0.15, 0.2) is 11.6 Å². The molecule has 30 heavy (non-hydrogen) atoms. The Kier molecular flexibility index (Phi) is 5.85. The Morgan fingerprint density at radius 2 is 1.83 bits per heavy atom. The zero-order valence-electron chi connectivity index (χ0n) is 16.4. The van der Waals surface area contributed by atoms with Gasteiger partial charge in [0.2, 0.25) is 0 Å². The molecule has 2 aromatic carbocycles. The van der Waals surface area contributed by atoms with E-state index in [2.05, 4.69) is 20.6 Å². The third-order valence-corrected chi connectivity index (χ3v) is 5.01. The summed E-state index contributed by atoms with van der Waals surface area (Å²) < 4.78 is 19.4. The van der Waals surface area contributed by atoms with Crippen LogP contribution in [0.5, 0.6) is 11.5 Å². The predicted molar refractivity (Wildman–Crippen MR) is 115 cm³/mol. The van der Waals surface area contributed by atoms with Crippen molar-refractivity contribution in [3.05, 3.63) is 71.8 Å². The fourth-order valence-corrected chi connectivity index (χ4v) is 3.40. The van der Waals surface area contributed by atoms with Crippen molar-refractivity contribution in [1.82, 2.24) is 15.3 Å². The monoisotopic (exact) mass is 406 g/mol. The van der Waals surface area contributed by atoms with E-state index in [1.54, 1.807) is 42.5 Å². The number of aromatic nitrogens is 2. The number of piperidine rings is 1. The van der Waals surface area contributed by atoms with Crippen LogP contribution in [-0.4, -0.2) is 34.8 Å². The minimum Gasteiger partial charge on any atom is -0.454 e. The summed E-state index contributed by atoms with van der Waals surface area (Å²) in [5.74, 6) is 0.998. The van der Waals surface area contributed by atoms with E-state index in [4.69, 9.17) is 15.9 Å². The van der Waals surface area contributed by atoms with Crippen LogP contribution in [0.4, 0.5) is 16.0 Å². The van der Waals surface area contributed by atoms with Gasteiger partial charge in [-0.1, -0.05) is 12.1 Å². The molecule has 1 aliphatic heterocycles. The molecule has 0 radical (unpaired) electrons. The Balaban J connectivity index is 1.55. The van der Waals surface area contributed by atoms with Gasteiger partial charge in [0.05, 0.1) is 11.3 Å². The molecular weight excluding hydrogens is 383 g/mol. The van der Waals surface area contributed by atoms with Crippen molar-refractivity contribution in [3.63, 3.8) is 0 Å². The zero-order valence-corrected chi connectivity index (χ0v) is 16.4. The Morgan fingerprint density at radius 3 is 2.57 bits per heavy atom. The fourth-order valence-electron chi connectivity index (χ4n) is 3.40. The molecule has 1 aliphatic rings. The molecule has 1 aromatic heterocycles. The number of ether oxygens (including phenoxy) is 1. The van der Waals surface area contributed by atoms with Gasteiger partial charge in [-0.25, -0.2) is 14.4 Å². The first-order valence-corrected chi connectivity index (χ1v) is 9.81. The maximum Gasteiger partial charge on any atom is 0.165 e. The quantitative estimate of drug-likeness (QED) is 0.466. The number of nitrogens with one attached hydrogen (secondary N) is 3. The SMILES string of the molecule is N=C(c1ccc(Oc2ccccc2F)cc1)c1c(N)ncnc1NC1CCNCC1. The lowest BCUT2D eigenvalue weighted by molar-refractivity contribution is 0.442. The lowest BCUT2D eigenvalue weighted by atomic mass is 10.0. The summed E-state index contributed by atoms with van der Waals surface area (Å²) in [5.41, 5.74) is 7.41. The molecule has 1 fully saturated rings. The minimum absolute atomic E-state index is 0.148. The smallest absolute Gasteiger partial charge is 0.165 e. The molecule has 1 saturated heterocycles. The van der Waals surface area contributed by atoms with E-state index in [1.165, 1.54) is 12.4 Å². The number of halogens is 1. The first-order valence-electron chi connectivity index (χ1n) is 9.81. The lowest BCUT2D eigenvalue weighted by Crippen LogP contribution is -2.36. The second-order valence-electron chi connectivity index (χ2n) is 7.08. The third-order valence-electron chi connectivity index (χ3n) is 5.01. The number of hydrogen-bond donors (Lipinski definition) is 4. The van der Waals surface area contributed by atoms with E-state index < -0.39 is 5.82 Å². The molecular formula is C22H23FN6O. The van der Waals surface area contributed by atoms with E-state index in [0.717, 1.165) is 25.9 Å². The van der Waals surface area contributed by atoms with E-state index >= 15 is 0 Å². The van der Waals surface area contributed by atoms with Gasteiger partial charge < -0.3 is 21.1 Å². The highest BCUT2D eigenvalue weighted by Gasteiger charge is 2.20. The van der Waals surface area contributed by atoms with Crippen LogP contribution in [0.15, 0.2) is 54.9 Å². The van der Waals surface area contributed by atoms with E-state index in [1.807, 2.05) is 0 Å². The van der Waals surface area contributed by atoms with Gasteiger partial charge in [0.25, 0.3) is 0 Å². The highest BCUT2D eigenvalue weighted by Crippen LogP contribution is 2.27.